The van der Waals surface area contributed by atoms with Crippen molar-refractivity contribution in [2.75, 3.05) is 26.3 Å². The molecule has 0 unspecified atom stereocenters. The van der Waals surface area contributed by atoms with E-state index in [1.807, 2.05) is 0 Å². The van der Waals surface area contributed by atoms with Gasteiger partial charge in [0.25, 0.3) is 11.5 Å². The van der Waals surface area contributed by atoms with Crippen LogP contribution in [0.25, 0.3) is 11.0 Å². The Labute approximate surface area is 188 Å². The molecule has 32 heavy (non-hydrogen) atoms. The lowest BCUT2D eigenvalue weighted by Gasteiger charge is -2.54. The van der Waals surface area contributed by atoms with Crippen LogP contribution in [-0.4, -0.2) is 52.6 Å². The Morgan fingerprint density at radius 2 is 1.91 bits per heavy atom. The lowest BCUT2D eigenvalue weighted by Crippen LogP contribution is -2.67. The summed E-state index contributed by atoms with van der Waals surface area (Å²) in [5.74, 6) is -0.679. The molecule has 0 radical (unpaired) electrons. The number of carbonyl (C=O) groups is 2. The second-order valence-electron chi connectivity index (χ2n) is 8.42. The smallest absolute Gasteiger partial charge is 0.265 e. The van der Waals surface area contributed by atoms with Gasteiger partial charge in [0.1, 0.15) is 17.8 Å². The van der Waals surface area contributed by atoms with E-state index in [-0.39, 0.29) is 30.0 Å². The molecule has 1 spiro atoms. The van der Waals surface area contributed by atoms with Gasteiger partial charge in [0.05, 0.1) is 18.6 Å². The molecule has 8 nitrogen and oxygen atoms in total. The molecule has 2 aromatic heterocycles. The summed E-state index contributed by atoms with van der Waals surface area (Å²) in [5, 5.41) is 3.99. The second kappa shape index (κ2) is 8.03. The Hall–Kier alpha value is -3.23. The van der Waals surface area contributed by atoms with Gasteiger partial charge in [-0.05, 0) is 35.9 Å². The predicted octanol–water partition coefficient (Wildman–Crippen LogP) is 1.84. The predicted molar refractivity (Wildman–Crippen MR) is 118 cm³/mol. The van der Waals surface area contributed by atoms with Crippen LogP contribution in [0.3, 0.4) is 0 Å². The van der Waals surface area contributed by atoms with Crippen LogP contribution < -0.4 is 10.9 Å². The molecule has 2 amide bonds. The van der Waals surface area contributed by atoms with Crippen molar-refractivity contribution in [2.45, 2.75) is 13.1 Å². The van der Waals surface area contributed by atoms with Crippen LogP contribution >= 0.6 is 11.6 Å². The van der Waals surface area contributed by atoms with E-state index in [1.165, 1.54) is 10.6 Å². The van der Waals surface area contributed by atoms with Crippen molar-refractivity contribution in [1.29, 1.82) is 0 Å². The van der Waals surface area contributed by atoms with Crippen LogP contribution in [0.5, 0.6) is 0 Å². The first-order valence-corrected chi connectivity index (χ1v) is 10.7. The number of rotatable bonds is 5. The number of nitrogens with one attached hydrogen (secondary N) is 1. The molecule has 1 N–H and O–H groups in total. The fourth-order valence-electron chi connectivity index (χ4n) is 4.14. The van der Waals surface area contributed by atoms with E-state index in [0.29, 0.717) is 42.4 Å². The highest BCUT2D eigenvalue weighted by Gasteiger charge is 2.50. The number of aromatic nitrogens is 2. The lowest BCUT2D eigenvalue weighted by atomic mass is 9.78. The first kappa shape index (κ1) is 20.7. The van der Waals surface area contributed by atoms with Gasteiger partial charge in [-0.2, -0.15) is 0 Å². The summed E-state index contributed by atoms with van der Waals surface area (Å²) in [5.41, 5.74) is 0.750. The van der Waals surface area contributed by atoms with E-state index < -0.39 is 11.5 Å². The Morgan fingerprint density at radius 3 is 2.59 bits per heavy atom. The van der Waals surface area contributed by atoms with E-state index in [1.54, 1.807) is 47.5 Å². The van der Waals surface area contributed by atoms with Gasteiger partial charge in [-0.25, -0.2) is 4.98 Å². The monoisotopic (exact) mass is 452 g/mol. The number of likely N-dealkylation sites (tertiary alicyclic amines) is 1. The van der Waals surface area contributed by atoms with Crippen LogP contribution in [-0.2, 0) is 22.6 Å². The third-order valence-corrected chi connectivity index (χ3v) is 6.23. The first-order valence-electron chi connectivity index (χ1n) is 10.3. The number of hydrogen-bond donors (Lipinski definition) is 1. The van der Waals surface area contributed by atoms with Gasteiger partial charge in [0.15, 0.2) is 0 Å². The molecule has 4 heterocycles. The number of nitrogens with zero attached hydrogens (tertiary/aromatic N) is 3. The maximum absolute atomic E-state index is 13.2. The number of benzene rings is 1. The third kappa shape index (κ3) is 3.76. The summed E-state index contributed by atoms with van der Waals surface area (Å²) in [4.78, 5) is 44.9. The quantitative estimate of drug-likeness (QED) is 0.637. The van der Waals surface area contributed by atoms with Crippen LogP contribution in [0.15, 0.2) is 53.5 Å². The summed E-state index contributed by atoms with van der Waals surface area (Å²) < 4.78 is 6.54. The van der Waals surface area contributed by atoms with Crippen molar-refractivity contribution in [1.82, 2.24) is 19.8 Å². The van der Waals surface area contributed by atoms with Crippen LogP contribution in [0, 0.1) is 5.41 Å². The van der Waals surface area contributed by atoms with Crippen LogP contribution in [0.2, 0.25) is 5.02 Å². The Kier molecular flexibility index (Phi) is 5.19. The summed E-state index contributed by atoms with van der Waals surface area (Å²) in [6, 6.07) is 12.1. The molecule has 5 rings (SSSR count). The topological polar surface area (TPSA) is 93.5 Å². The van der Waals surface area contributed by atoms with Gasteiger partial charge in [-0.3, -0.25) is 19.0 Å². The molecule has 3 aromatic rings. The van der Waals surface area contributed by atoms with Gasteiger partial charge in [0, 0.05) is 36.2 Å². The van der Waals surface area contributed by atoms with Crippen LogP contribution in [0.1, 0.15) is 15.9 Å². The minimum atomic E-state index is -0.541. The van der Waals surface area contributed by atoms with Gasteiger partial charge in [-0.1, -0.05) is 23.7 Å². The van der Waals surface area contributed by atoms with E-state index in [0.717, 1.165) is 5.56 Å². The summed E-state index contributed by atoms with van der Waals surface area (Å²) in [6.07, 6.45) is 1.56. The largest absolute Gasteiger partial charge is 0.380 e. The van der Waals surface area contributed by atoms with Crippen molar-refractivity contribution < 1.29 is 14.3 Å². The number of hydrogen-bond acceptors (Lipinski definition) is 5. The van der Waals surface area contributed by atoms with Crippen molar-refractivity contribution in [2.24, 2.45) is 5.41 Å². The van der Waals surface area contributed by atoms with E-state index in [4.69, 9.17) is 16.3 Å². The van der Waals surface area contributed by atoms with Crippen molar-refractivity contribution in [3.8, 4) is 0 Å². The van der Waals surface area contributed by atoms with E-state index in [2.05, 4.69) is 10.3 Å². The standard InChI is InChI=1S/C23H21ClN4O4/c24-17-5-3-15(4-6-17)9-26-21(30)18-8-16-2-1-7-25-20(16)28(22(18)31)10-19(29)27-11-23(12-27)13-32-14-23/h1-8H,9-14H2,(H,26,30). The zero-order valence-electron chi connectivity index (χ0n) is 17.2. The number of carbonyl (C=O) groups excluding carboxylic acids is 2. The summed E-state index contributed by atoms with van der Waals surface area (Å²) in [6.45, 7) is 2.69. The molecule has 164 valence electrons. The van der Waals surface area contributed by atoms with Crippen molar-refractivity contribution in [3.05, 3.63) is 75.2 Å². The average molecular weight is 453 g/mol. The molecule has 2 aliphatic rings. The molecule has 0 atom stereocenters. The SMILES string of the molecule is O=C(NCc1ccc(Cl)cc1)c1cc2cccnc2n(CC(=O)N2CC3(COC3)C2)c1=O. The van der Waals surface area contributed by atoms with Gasteiger partial charge in [0.2, 0.25) is 5.91 Å². The van der Waals surface area contributed by atoms with Crippen LogP contribution in [0.4, 0.5) is 0 Å². The molecular formula is C23H21ClN4O4. The average Bonchev–Trinajstić information content (AvgIpc) is 2.73. The second-order valence-corrected chi connectivity index (χ2v) is 8.85. The highest BCUT2D eigenvalue weighted by atomic mass is 35.5. The van der Waals surface area contributed by atoms with Crippen molar-refractivity contribution >= 4 is 34.4 Å². The highest BCUT2D eigenvalue weighted by Crippen LogP contribution is 2.37. The fourth-order valence-corrected chi connectivity index (χ4v) is 4.27. The first-order chi connectivity index (χ1) is 15.4. The number of amides is 2. The molecule has 2 fully saturated rings. The fraction of sp³-hybridized carbons (Fsp3) is 0.304. The molecule has 1 aromatic carbocycles. The van der Waals surface area contributed by atoms with E-state index in [9.17, 15) is 14.4 Å². The van der Waals surface area contributed by atoms with Crippen molar-refractivity contribution in [3.63, 3.8) is 0 Å². The van der Waals surface area contributed by atoms with Gasteiger partial charge < -0.3 is 15.0 Å². The zero-order valence-corrected chi connectivity index (χ0v) is 18.0. The van der Waals surface area contributed by atoms with E-state index >= 15 is 0 Å². The summed E-state index contributed by atoms with van der Waals surface area (Å²) >= 11 is 5.89. The normalized spacial score (nSPS) is 16.5. The molecule has 2 saturated heterocycles. The minimum Gasteiger partial charge on any atom is -0.380 e. The Morgan fingerprint density at radius 1 is 1.16 bits per heavy atom. The molecular weight excluding hydrogens is 432 g/mol. The molecule has 9 heteroatoms. The highest BCUT2D eigenvalue weighted by molar-refractivity contribution is 6.30. The van der Waals surface area contributed by atoms with Gasteiger partial charge >= 0.3 is 0 Å². The molecule has 2 aliphatic heterocycles. The van der Waals surface area contributed by atoms with Gasteiger partial charge in [-0.15, -0.1) is 0 Å². The summed E-state index contributed by atoms with van der Waals surface area (Å²) in [7, 11) is 0. The maximum Gasteiger partial charge on any atom is 0.265 e. The maximum atomic E-state index is 13.2. The third-order valence-electron chi connectivity index (χ3n) is 5.97. The molecule has 0 aliphatic carbocycles. The molecule has 0 bridgehead atoms. The number of fused-ring (bicyclic) bond motifs is 1. The minimum absolute atomic E-state index is 0.0280. The number of pyridine rings is 2. The zero-order chi connectivity index (χ0) is 22.3. The Bertz CT molecular complexity index is 1260. The Balaban J connectivity index is 1.39. The number of halogens is 1. The number of ether oxygens (including phenoxy) is 1. The lowest BCUT2D eigenvalue weighted by molar-refractivity contribution is -0.195. The molecule has 0 saturated carbocycles.